The molecule has 5 aromatic rings. The van der Waals surface area contributed by atoms with Gasteiger partial charge in [0.2, 0.25) is 0 Å². The van der Waals surface area contributed by atoms with Crippen molar-refractivity contribution in [1.29, 1.82) is 0 Å². The van der Waals surface area contributed by atoms with Crippen molar-refractivity contribution in [2.24, 2.45) is 0 Å². The molecule has 0 aliphatic heterocycles. The van der Waals surface area contributed by atoms with E-state index in [0.29, 0.717) is 32.9 Å². The Morgan fingerprint density at radius 3 is 1.97 bits per heavy atom. The van der Waals surface area contributed by atoms with Crippen molar-refractivity contribution >= 4 is 34.6 Å². The Morgan fingerprint density at radius 2 is 1.29 bits per heavy atom. The molecule has 0 atom stereocenters. The predicted octanol–water partition coefficient (Wildman–Crippen LogP) is 5.51. The third kappa shape index (κ3) is 4.51. The number of carbonyl (C=O) groups excluding carboxylic acids is 2. The van der Waals surface area contributed by atoms with Crippen LogP contribution in [0.25, 0.3) is 16.7 Å². The number of hydrogen-bond donors (Lipinski definition) is 0. The Bertz CT molecular complexity index is 1500. The van der Waals surface area contributed by atoms with E-state index in [1.165, 1.54) is 10.9 Å². The first-order valence-corrected chi connectivity index (χ1v) is 10.7. The summed E-state index contributed by atoms with van der Waals surface area (Å²) in [5.41, 5.74) is 2.34. The molecule has 8 heteroatoms. The van der Waals surface area contributed by atoms with Crippen molar-refractivity contribution in [2.75, 3.05) is 0 Å². The molecule has 0 saturated heterocycles. The van der Waals surface area contributed by atoms with Crippen LogP contribution in [0.5, 0.6) is 11.5 Å². The minimum atomic E-state index is -0.576. The molecular weight excluding hydrogens is 454 g/mol. The van der Waals surface area contributed by atoms with Crippen LogP contribution in [-0.2, 0) is 0 Å². The number of esters is 2. The third-order valence-corrected chi connectivity index (χ3v) is 5.16. The SMILES string of the molecule is O=C(Oc1ccc(-n2nc3ccc(Cl)cc3n2)c(OC(=O)c2ccccc2)c1)c1ccccc1. The van der Waals surface area contributed by atoms with Crippen molar-refractivity contribution in [3.8, 4) is 17.2 Å². The van der Waals surface area contributed by atoms with Gasteiger partial charge in [-0.25, -0.2) is 9.59 Å². The Hall–Kier alpha value is -4.49. The zero-order valence-corrected chi connectivity index (χ0v) is 18.3. The second kappa shape index (κ2) is 9.17. The number of carbonyl (C=O) groups is 2. The van der Waals surface area contributed by atoms with Crippen molar-refractivity contribution in [2.45, 2.75) is 0 Å². The summed E-state index contributed by atoms with van der Waals surface area (Å²) < 4.78 is 11.2. The van der Waals surface area contributed by atoms with E-state index in [2.05, 4.69) is 10.2 Å². The molecule has 1 aromatic heterocycles. The van der Waals surface area contributed by atoms with Gasteiger partial charge < -0.3 is 9.47 Å². The Labute approximate surface area is 199 Å². The van der Waals surface area contributed by atoms with Gasteiger partial charge in [0.1, 0.15) is 22.5 Å². The smallest absolute Gasteiger partial charge is 0.343 e. The minimum absolute atomic E-state index is 0.124. The van der Waals surface area contributed by atoms with Crippen LogP contribution in [0.4, 0.5) is 0 Å². The zero-order chi connectivity index (χ0) is 23.5. The molecule has 0 radical (unpaired) electrons. The van der Waals surface area contributed by atoms with E-state index in [9.17, 15) is 9.59 Å². The molecule has 5 rings (SSSR count). The minimum Gasteiger partial charge on any atom is -0.423 e. The molecule has 0 unspecified atom stereocenters. The Morgan fingerprint density at radius 1 is 0.676 bits per heavy atom. The number of nitrogens with zero attached hydrogens (tertiary/aromatic N) is 3. The van der Waals surface area contributed by atoms with Gasteiger partial charge in [0, 0.05) is 11.1 Å². The van der Waals surface area contributed by atoms with Crippen LogP contribution in [0.1, 0.15) is 20.7 Å². The normalized spacial score (nSPS) is 10.7. The lowest BCUT2D eigenvalue weighted by atomic mass is 10.2. The number of benzene rings is 4. The van der Waals surface area contributed by atoms with Gasteiger partial charge in [0.05, 0.1) is 11.1 Å². The summed E-state index contributed by atoms with van der Waals surface area (Å²) in [7, 11) is 0. The summed E-state index contributed by atoms with van der Waals surface area (Å²) in [4.78, 5) is 26.6. The molecule has 0 spiro atoms. The number of halogens is 1. The number of hydrogen-bond acceptors (Lipinski definition) is 6. The van der Waals surface area contributed by atoms with Crippen molar-refractivity contribution in [3.63, 3.8) is 0 Å². The van der Waals surface area contributed by atoms with E-state index < -0.39 is 11.9 Å². The molecule has 4 aromatic carbocycles. The molecule has 0 N–H and O–H groups in total. The molecule has 0 saturated carbocycles. The second-order valence-corrected chi connectivity index (χ2v) is 7.70. The first kappa shape index (κ1) is 21.4. The number of ether oxygens (including phenoxy) is 2. The number of fused-ring (bicyclic) bond motifs is 1. The van der Waals surface area contributed by atoms with Crippen molar-refractivity contribution in [3.05, 3.63) is 113 Å². The van der Waals surface area contributed by atoms with Gasteiger partial charge in [0.15, 0.2) is 5.75 Å². The molecular formula is C26H16ClN3O4. The van der Waals surface area contributed by atoms with Crippen LogP contribution in [0.15, 0.2) is 97.1 Å². The van der Waals surface area contributed by atoms with E-state index in [-0.39, 0.29) is 11.5 Å². The van der Waals surface area contributed by atoms with E-state index >= 15 is 0 Å². The molecule has 7 nitrogen and oxygen atoms in total. The van der Waals surface area contributed by atoms with E-state index in [1.54, 1.807) is 91.0 Å². The highest BCUT2D eigenvalue weighted by Gasteiger charge is 2.18. The average molecular weight is 470 g/mol. The molecule has 0 bridgehead atoms. The molecule has 34 heavy (non-hydrogen) atoms. The standard InChI is InChI=1S/C26H16ClN3O4/c27-19-11-13-21-22(15-19)29-30(28-21)23-14-12-20(33-25(31)17-7-3-1-4-8-17)16-24(23)34-26(32)18-9-5-2-6-10-18/h1-16H. The highest BCUT2D eigenvalue weighted by Crippen LogP contribution is 2.30. The monoisotopic (exact) mass is 469 g/mol. The van der Waals surface area contributed by atoms with Gasteiger partial charge in [-0.2, -0.15) is 0 Å². The van der Waals surface area contributed by atoms with Gasteiger partial charge in [-0.15, -0.1) is 15.0 Å². The summed E-state index contributed by atoms with van der Waals surface area (Å²) >= 11 is 6.07. The average Bonchev–Trinajstić information content (AvgIpc) is 3.28. The molecule has 0 fully saturated rings. The Balaban J connectivity index is 1.52. The molecule has 0 amide bonds. The summed E-state index contributed by atoms with van der Waals surface area (Å²) in [5.74, 6) is -0.786. The van der Waals surface area contributed by atoms with E-state index in [1.807, 2.05) is 0 Å². The summed E-state index contributed by atoms with van der Waals surface area (Å²) in [5, 5.41) is 9.42. The van der Waals surface area contributed by atoms with Crippen molar-refractivity contribution < 1.29 is 19.1 Å². The third-order valence-electron chi connectivity index (χ3n) is 4.92. The second-order valence-electron chi connectivity index (χ2n) is 7.26. The molecule has 0 aliphatic rings. The van der Waals surface area contributed by atoms with Gasteiger partial charge in [-0.1, -0.05) is 48.0 Å². The van der Waals surface area contributed by atoms with Gasteiger partial charge in [0.25, 0.3) is 0 Å². The maximum Gasteiger partial charge on any atom is 0.343 e. The number of aromatic nitrogens is 3. The fraction of sp³-hybridized carbons (Fsp3) is 0. The fourth-order valence-electron chi connectivity index (χ4n) is 3.27. The topological polar surface area (TPSA) is 83.3 Å². The highest BCUT2D eigenvalue weighted by molar-refractivity contribution is 6.31. The largest absolute Gasteiger partial charge is 0.423 e. The van der Waals surface area contributed by atoms with Gasteiger partial charge in [-0.05, 0) is 54.6 Å². The Kier molecular flexibility index (Phi) is 5.76. The number of rotatable bonds is 5. The summed E-state index contributed by atoms with van der Waals surface area (Å²) in [6, 6.07) is 26.9. The lowest BCUT2D eigenvalue weighted by molar-refractivity contribution is 0.0732. The van der Waals surface area contributed by atoms with E-state index in [0.717, 1.165) is 0 Å². The van der Waals surface area contributed by atoms with Crippen molar-refractivity contribution in [1.82, 2.24) is 15.0 Å². The maximum atomic E-state index is 12.8. The van der Waals surface area contributed by atoms with Gasteiger partial charge >= 0.3 is 11.9 Å². The van der Waals surface area contributed by atoms with Gasteiger partial charge in [-0.3, -0.25) is 0 Å². The lowest BCUT2D eigenvalue weighted by Crippen LogP contribution is -2.12. The quantitative estimate of drug-likeness (QED) is 0.249. The fourth-order valence-corrected chi connectivity index (χ4v) is 3.44. The summed E-state index contributed by atoms with van der Waals surface area (Å²) in [6.07, 6.45) is 0. The molecule has 166 valence electrons. The first-order valence-electron chi connectivity index (χ1n) is 10.3. The van der Waals surface area contributed by atoms with E-state index in [4.69, 9.17) is 21.1 Å². The van der Waals surface area contributed by atoms with Crippen LogP contribution >= 0.6 is 11.6 Å². The van der Waals surface area contributed by atoms with Crippen LogP contribution in [-0.4, -0.2) is 26.9 Å². The molecule has 1 heterocycles. The zero-order valence-electron chi connectivity index (χ0n) is 17.6. The van der Waals surface area contributed by atoms with Crippen LogP contribution in [0.2, 0.25) is 5.02 Å². The predicted molar refractivity (Wildman–Crippen MR) is 127 cm³/mol. The summed E-state index contributed by atoms with van der Waals surface area (Å²) in [6.45, 7) is 0. The highest BCUT2D eigenvalue weighted by atomic mass is 35.5. The first-order chi connectivity index (χ1) is 16.6. The lowest BCUT2D eigenvalue weighted by Gasteiger charge is -2.12. The van der Waals surface area contributed by atoms with Crippen LogP contribution in [0, 0.1) is 0 Å². The molecule has 0 aliphatic carbocycles. The van der Waals surface area contributed by atoms with Crippen LogP contribution < -0.4 is 9.47 Å². The van der Waals surface area contributed by atoms with Crippen LogP contribution in [0.3, 0.4) is 0 Å². The maximum absolute atomic E-state index is 12.8.